The van der Waals surface area contributed by atoms with Gasteiger partial charge in [-0.15, -0.1) is 5.53 Å². The van der Waals surface area contributed by atoms with Crippen LogP contribution in [0.1, 0.15) is 25.3 Å². The van der Waals surface area contributed by atoms with E-state index in [9.17, 15) is 0 Å². The van der Waals surface area contributed by atoms with Gasteiger partial charge >= 0.3 is 0 Å². The minimum atomic E-state index is 0.740. The van der Waals surface area contributed by atoms with Gasteiger partial charge in [-0.25, -0.2) is 0 Å². The summed E-state index contributed by atoms with van der Waals surface area (Å²) in [4.78, 5) is 2.17. The number of rotatable bonds is 9. The summed E-state index contributed by atoms with van der Waals surface area (Å²) in [6.07, 6.45) is 5.13. The molecular formula is C17H27BrN4O. The van der Waals surface area contributed by atoms with Crippen molar-refractivity contribution >= 4 is 15.9 Å². The third kappa shape index (κ3) is 6.05. The van der Waals surface area contributed by atoms with Crippen LogP contribution in [0, 0.1) is 0 Å². The highest BCUT2D eigenvalue weighted by Gasteiger charge is 2.10. The molecule has 0 bridgehead atoms. The number of allylic oxidation sites excluding steroid dienone is 1. The fourth-order valence-electron chi connectivity index (χ4n) is 2.33. The zero-order valence-electron chi connectivity index (χ0n) is 14.2. The summed E-state index contributed by atoms with van der Waals surface area (Å²) in [6.45, 7) is 4.84. The minimum Gasteiger partial charge on any atom is -0.492 e. The molecular weight excluding hydrogens is 356 g/mol. The van der Waals surface area contributed by atoms with Crippen LogP contribution in [0.3, 0.4) is 0 Å². The highest BCUT2D eigenvalue weighted by Crippen LogP contribution is 2.26. The number of benzene rings is 1. The van der Waals surface area contributed by atoms with E-state index in [1.165, 1.54) is 11.3 Å². The highest BCUT2D eigenvalue weighted by molar-refractivity contribution is 9.10. The first-order valence-corrected chi connectivity index (χ1v) is 8.92. The molecule has 0 aromatic heterocycles. The molecule has 1 aromatic carbocycles. The summed E-state index contributed by atoms with van der Waals surface area (Å²) in [5.74, 6) is 0.918. The normalized spacial score (nSPS) is 14.1. The second-order valence-corrected chi connectivity index (χ2v) is 6.81. The van der Waals surface area contributed by atoms with Crippen molar-refractivity contribution in [2.24, 2.45) is 0 Å². The largest absolute Gasteiger partial charge is 0.492 e. The van der Waals surface area contributed by atoms with Crippen molar-refractivity contribution < 1.29 is 4.74 Å². The molecule has 1 heterocycles. The second-order valence-electron chi connectivity index (χ2n) is 5.96. The van der Waals surface area contributed by atoms with E-state index >= 15 is 0 Å². The summed E-state index contributed by atoms with van der Waals surface area (Å²) in [7, 11) is 4.15. The third-order valence-electron chi connectivity index (χ3n) is 3.70. The van der Waals surface area contributed by atoms with Gasteiger partial charge < -0.3 is 15.1 Å². The Labute approximate surface area is 147 Å². The molecule has 0 atom stereocenters. The van der Waals surface area contributed by atoms with Crippen LogP contribution in [0.5, 0.6) is 5.75 Å². The van der Waals surface area contributed by atoms with Gasteiger partial charge in [0, 0.05) is 25.0 Å². The lowest BCUT2D eigenvalue weighted by Crippen LogP contribution is -2.37. The number of nitrogens with zero attached hydrogens (tertiary/aromatic N) is 2. The van der Waals surface area contributed by atoms with E-state index in [0.717, 1.165) is 49.2 Å². The molecule has 5 nitrogen and oxygen atoms in total. The Morgan fingerprint density at radius 1 is 1.30 bits per heavy atom. The predicted molar refractivity (Wildman–Crippen MR) is 97.9 cm³/mol. The Bertz CT molecular complexity index is 533. The van der Waals surface area contributed by atoms with Gasteiger partial charge in [0.1, 0.15) is 5.75 Å². The summed E-state index contributed by atoms with van der Waals surface area (Å²) in [5, 5.41) is 2.08. The van der Waals surface area contributed by atoms with Gasteiger partial charge in [-0.1, -0.05) is 13.0 Å². The second kappa shape index (κ2) is 9.15. The van der Waals surface area contributed by atoms with Crippen LogP contribution in [-0.4, -0.2) is 43.7 Å². The van der Waals surface area contributed by atoms with Gasteiger partial charge in [-0.3, -0.25) is 5.01 Å². The number of ether oxygens (including phenoxy) is 1. The molecule has 2 rings (SSSR count). The van der Waals surface area contributed by atoms with E-state index in [1.54, 1.807) is 0 Å². The third-order valence-corrected chi connectivity index (χ3v) is 4.32. The molecule has 23 heavy (non-hydrogen) atoms. The van der Waals surface area contributed by atoms with E-state index in [2.05, 4.69) is 82.2 Å². The smallest absolute Gasteiger partial charge is 0.133 e. The number of hydrogen-bond donors (Lipinski definition) is 2. The Balaban J connectivity index is 1.78. The van der Waals surface area contributed by atoms with Crippen LogP contribution in [0.4, 0.5) is 0 Å². The molecule has 0 saturated heterocycles. The van der Waals surface area contributed by atoms with Gasteiger partial charge in [-0.2, -0.15) is 0 Å². The Hall–Kier alpha value is -1.24. The monoisotopic (exact) mass is 382 g/mol. The van der Waals surface area contributed by atoms with Crippen molar-refractivity contribution in [2.75, 3.05) is 33.8 Å². The van der Waals surface area contributed by atoms with Gasteiger partial charge in [0.05, 0.1) is 11.1 Å². The molecule has 1 aromatic rings. The van der Waals surface area contributed by atoms with E-state index in [0.29, 0.717) is 0 Å². The molecule has 0 amide bonds. The zero-order valence-corrected chi connectivity index (χ0v) is 15.8. The van der Waals surface area contributed by atoms with Crippen molar-refractivity contribution in [3.05, 3.63) is 40.1 Å². The highest BCUT2D eigenvalue weighted by atomic mass is 79.9. The molecule has 0 fully saturated rings. The first-order chi connectivity index (χ1) is 11.1. The molecule has 0 unspecified atom stereocenters. The average molecular weight is 383 g/mol. The fraction of sp³-hybridized carbons (Fsp3) is 0.529. The SMILES string of the molecule is CCC1=CN(CCc2ccc(OCCCN(C)C)c(Br)c2)NN1. The molecule has 1 aliphatic rings. The fourth-order valence-corrected chi connectivity index (χ4v) is 2.87. The predicted octanol–water partition coefficient (Wildman–Crippen LogP) is 2.90. The Kier molecular flexibility index (Phi) is 7.20. The van der Waals surface area contributed by atoms with Crippen molar-refractivity contribution in [3.8, 4) is 5.75 Å². The molecule has 0 aliphatic carbocycles. The molecule has 6 heteroatoms. The van der Waals surface area contributed by atoms with Gasteiger partial charge in [0.15, 0.2) is 0 Å². The maximum absolute atomic E-state index is 5.83. The quantitative estimate of drug-likeness (QED) is 0.642. The van der Waals surface area contributed by atoms with Crippen molar-refractivity contribution in [1.82, 2.24) is 20.9 Å². The molecule has 0 spiro atoms. The van der Waals surface area contributed by atoms with Crippen molar-refractivity contribution in [1.29, 1.82) is 0 Å². The van der Waals surface area contributed by atoms with Gasteiger partial charge in [0.2, 0.25) is 0 Å². The van der Waals surface area contributed by atoms with Gasteiger partial charge in [0.25, 0.3) is 0 Å². The first kappa shape index (κ1) is 18.1. The van der Waals surface area contributed by atoms with Crippen LogP contribution in [0.2, 0.25) is 0 Å². The molecule has 128 valence electrons. The van der Waals surface area contributed by atoms with E-state index < -0.39 is 0 Å². The summed E-state index contributed by atoms with van der Waals surface area (Å²) in [5.41, 5.74) is 8.81. The Morgan fingerprint density at radius 2 is 2.13 bits per heavy atom. The first-order valence-electron chi connectivity index (χ1n) is 8.13. The number of halogens is 1. The minimum absolute atomic E-state index is 0.740. The summed E-state index contributed by atoms with van der Waals surface area (Å²) < 4.78 is 6.86. The van der Waals surface area contributed by atoms with Crippen LogP contribution in [-0.2, 0) is 6.42 Å². The molecule has 0 saturated carbocycles. The average Bonchev–Trinajstić information content (AvgIpc) is 2.99. The van der Waals surface area contributed by atoms with E-state index in [-0.39, 0.29) is 0 Å². The maximum atomic E-state index is 5.83. The van der Waals surface area contributed by atoms with Crippen LogP contribution >= 0.6 is 15.9 Å². The molecule has 2 N–H and O–H groups in total. The summed E-state index contributed by atoms with van der Waals surface area (Å²) >= 11 is 3.61. The number of nitrogens with one attached hydrogen (secondary N) is 2. The van der Waals surface area contributed by atoms with Crippen LogP contribution in [0.15, 0.2) is 34.6 Å². The molecule has 0 radical (unpaired) electrons. The number of hydrogen-bond acceptors (Lipinski definition) is 5. The zero-order chi connectivity index (χ0) is 16.7. The maximum Gasteiger partial charge on any atom is 0.133 e. The van der Waals surface area contributed by atoms with E-state index in [1.807, 2.05) is 0 Å². The molecule has 1 aliphatic heterocycles. The number of hydrazine groups is 2. The lowest BCUT2D eigenvalue weighted by atomic mass is 10.1. The lowest BCUT2D eigenvalue weighted by molar-refractivity contribution is 0.273. The Morgan fingerprint density at radius 3 is 2.78 bits per heavy atom. The van der Waals surface area contributed by atoms with Crippen LogP contribution < -0.4 is 15.7 Å². The van der Waals surface area contributed by atoms with Crippen LogP contribution in [0.25, 0.3) is 0 Å². The van der Waals surface area contributed by atoms with Crippen molar-refractivity contribution in [2.45, 2.75) is 26.2 Å². The summed E-state index contributed by atoms with van der Waals surface area (Å²) in [6, 6.07) is 6.34. The van der Waals surface area contributed by atoms with E-state index in [4.69, 9.17) is 4.74 Å². The lowest BCUT2D eigenvalue weighted by Gasteiger charge is -2.16. The standard InChI is InChI=1S/C17H27BrN4O/c1-4-15-13-22(20-19-15)10-8-14-6-7-17(16(18)12-14)23-11-5-9-21(2)3/h6-7,12-13,19-20H,4-5,8-11H2,1-3H3. The topological polar surface area (TPSA) is 39.8 Å². The van der Waals surface area contributed by atoms with Crippen molar-refractivity contribution in [3.63, 3.8) is 0 Å². The van der Waals surface area contributed by atoms with Gasteiger partial charge in [-0.05, 0) is 67.0 Å².